The molecule has 1 aliphatic heterocycles. The number of hydrogen-bond acceptors (Lipinski definition) is 6. The highest BCUT2D eigenvalue weighted by atomic mass is 32.2. The van der Waals surface area contributed by atoms with Crippen LogP contribution in [0.1, 0.15) is 22.0 Å². The number of methoxy groups -OCH3 is 2. The summed E-state index contributed by atoms with van der Waals surface area (Å²) < 4.78 is 57.0. The number of hydrogen-bond donors (Lipinski definition) is 0. The maximum atomic E-state index is 13.5. The highest BCUT2D eigenvalue weighted by molar-refractivity contribution is 7.93. The van der Waals surface area contributed by atoms with Crippen LogP contribution in [-0.2, 0) is 9.84 Å². The van der Waals surface area contributed by atoms with Crippen molar-refractivity contribution in [3.63, 3.8) is 0 Å². The fourth-order valence-electron chi connectivity index (χ4n) is 3.61. The molecule has 0 radical (unpaired) electrons. The molecule has 8 heteroatoms. The smallest absolute Gasteiger partial charge is 0.192 e. The summed E-state index contributed by atoms with van der Waals surface area (Å²) in [6.07, 6.45) is -1.14. The molecular formula is C23H19FO6S. The second-order valence-electron chi connectivity index (χ2n) is 6.93. The van der Waals surface area contributed by atoms with Gasteiger partial charge in [0.2, 0.25) is 0 Å². The van der Waals surface area contributed by atoms with Gasteiger partial charge in [0.25, 0.3) is 0 Å². The lowest BCUT2D eigenvalue weighted by atomic mass is 9.95. The molecule has 0 saturated heterocycles. The molecule has 1 aliphatic rings. The van der Waals surface area contributed by atoms with Crippen LogP contribution in [0.2, 0.25) is 0 Å². The topological polar surface area (TPSA) is 78.9 Å². The van der Waals surface area contributed by atoms with E-state index < -0.39 is 32.8 Å². The van der Waals surface area contributed by atoms with Crippen LogP contribution in [0.5, 0.6) is 17.2 Å². The van der Waals surface area contributed by atoms with Crippen molar-refractivity contribution in [3.8, 4) is 17.2 Å². The largest absolute Gasteiger partial charge is 0.493 e. The minimum Gasteiger partial charge on any atom is -0.493 e. The predicted octanol–water partition coefficient (Wildman–Crippen LogP) is 4.00. The SMILES string of the molecule is COc1ccc([C@@H]2Oc3ccccc3C(=O)[C@H]2S(=O)(=O)c2ccc(F)cc2)cc1OC. The summed E-state index contributed by atoms with van der Waals surface area (Å²) in [6, 6.07) is 15.7. The molecule has 0 saturated carbocycles. The van der Waals surface area contributed by atoms with E-state index in [4.69, 9.17) is 14.2 Å². The number of sulfone groups is 1. The molecule has 6 nitrogen and oxygen atoms in total. The first-order valence-electron chi connectivity index (χ1n) is 9.38. The van der Waals surface area contributed by atoms with Crippen LogP contribution in [-0.4, -0.2) is 33.7 Å². The maximum Gasteiger partial charge on any atom is 0.192 e. The van der Waals surface area contributed by atoms with Gasteiger partial charge < -0.3 is 14.2 Å². The Kier molecular flexibility index (Phi) is 5.41. The summed E-state index contributed by atoms with van der Waals surface area (Å²) in [5.41, 5.74) is 0.603. The molecule has 0 amide bonds. The normalized spacial score (nSPS) is 18.1. The second-order valence-corrected chi connectivity index (χ2v) is 9.00. The monoisotopic (exact) mass is 442 g/mol. The van der Waals surface area contributed by atoms with E-state index in [1.54, 1.807) is 36.4 Å². The van der Waals surface area contributed by atoms with Gasteiger partial charge in [-0.25, -0.2) is 12.8 Å². The van der Waals surface area contributed by atoms with Gasteiger partial charge in [0.15, 0.2) is 32.4 Å². The van der Waals surface area contributed by atoms with Crippen LogP contribution in [0.3, 0.4) is 0 Å². The van der Waals surface area contributed by atoms with Crippen LogP contribution in [0, 0.1) is 5.82 Å². The first-order chi connectivity index (χ1) is 14.9. The van der Waals surface area contributed by atoms with E-state index >= 15 is 0 Å². The van der Waals surface area contributed by atoms with E-state index in [0.29, 0.717) is 17.1 Å². The van der Waals surface area contributed by atoms with E-state index in [1.165, 1.54) is 20.3 Å². The Morgan fingerprint density at radius 1 is 0.903 bits per heavy atom. The van der Waals surface area contributed by atoms with Crippen molar-refractivity contribution in [1.29, 1.82) is 0 Å². The van der Waals surface area contributed by atoms with Crippen molar-refractivity contribution in [2.45, 2.75) is 16.2 Å². The molecule has 0 spiro atoms. The molecule has 2 atom stereocenters. The van der Waals surface area contributed by atoms with Crippen LogP contribution in [0.15, 0.2) is 71.6 Å². The van der Waals surface area contributed by atoms with Crippen molar-refractivity contribution in [3.05, 3.63) is 83.7 Å². The third-order valence-corrected chi connectivity index (χ3v) is 7.21. The van der Waals surface area contributed by atoms with E-state index in [-0.39, 0.29) is 16.2 Å². The van der Waals surface area contributed by atoms with Crippen molar-refractivity contribution in [2.24, 2.45) is 0 Å². The number of benzene rings is 3. The van der Waals surface area contributed by atoms with Crippen molar-refractivity contribution in [1.82, 2.24) is 0 Å². The van der Waals surface area contributed by atoms with Crippen LogP contribution in [0.4, 0.5) is 4.39 Å². The van der Waals surface area contributed by atoms with Gasteiger partial charge in [0.1, 0.15) is 17.7 Å². The van der Waals surface area contributed by atoms with Crippen LogP contribution in [0.25, 0.3) is 0 Å². The number of halogens is 1. The Hall–Kier alpha value is -3.39. The summed E-state index contributed by atoms with van der Waals surface area (Å²) in [4.78, 5) is 13.2. The molecule has 0 bridgehead atoms. The molecule has 1 heterocycles. The van der Waals surface area contributed by atoms with Gasteiger partial charge in [-0.2, -0.15) is 0 Å². The molecular weight excluding hydrogens is 423 g/mol. The predicted molar refractivity (Wildman–Crippen MR) is 111 cm³/mol. The lowest BCUT2D eigenvalue weighted by Gasteiger charge is -2.32. The zero-order valence-corrected chi connectivity index (χ0v) is 17.6. The Bertz CT molecular complexity index is 1240. The fourth-order valence-corrected chi connectivity index (χ4v) is 5.37. The van der Waals surface area contributed by atoms with Gasteiger partial charge in [0.05, 0.1) is 24.7 Å². The molecule has 0 unspecified atom stereocenters. The Morgan fingerprint density at radius 2 is 1.58 bits per heavy atom. The first-order valence-corrected chi connectivity index (χ1v) is 10.9. The molecule has 3 aromatic rings. The van der Waals surface area contributed by atoms with Gasteiger partial charge in [-0.15, -0.1) is 0 Å². The molecule has 0 fully saturated rings. The minimum atomic E-state index is -4.22. The van der Waals surface area contributed by atoms with Gasteiger partial charge in [0, 0.05) is 0 Å². The maximum absolute atomic E-state index is 13.5. The van der Waals surface area contributed by atoms with Crippen molar-refractivity contribution >= 4 is 15.6 Å². The van der Waals surface area contributed by atoms with Crippen LogP contribution >= 0.6 is 0 Å². The first kappa shape index (κ1) is 20.9. The lowest BCUT2D eigenvalue weighted by molar-refractivity contribution is 0.0859. The third-order valence-electron chi connectivity index (χ3n) is 5.15. The van der Waals surface area contributed by atoms with Gasteiger partial charge in [-0.1, -0.05) is 18.2 Å². The van der Waals surface area contributed by atoms with E-state index in [0.717, 1.165) is 24.3 Å². The Balaban J connectivity index is 1.89. The number of rotatable bonds is 5. The number of para-hydroxylation sites is 1. The average Bonchev–Trinajstić information content (AvgIpc) is 2.78. The summed E-state index contributed by atoms with van der Waals surface area (Å²) in [5.74, 6) is -0.0599. The molecule has 160 valence electrons. The number of carbonyl (C=O) groups is 1. The zero-order valence-electron chi connectivity index (χ0n) is 16.7. The quantitative estimate of drug-likeness (QED) is 0.556. The molecule has 0 aromatic heterocycles. The van der Waals surface area contributed by atoms with E-state index in [1.807, 2.05) is 0 Å². The average molecular weight is 442 g/mol. The lowest BCUT2D eigenvalue weighted by Crippen LogP contribution is -2.42. The second kappa shape index (κ2) is 8.03. The number of ketones is 1. The number of fused-ring (bicyclic) bond motifs is 1. The summed E-state index contributed by atoms with van der Waals surface area (Å²) in [5, 5.41) is -1.56. The van der Waals surface area contributed by atoms with Crippen LogP contribution < -0.4 is 14.2 Å². The van der Waals surface area contributed by atoms with Gasteiger partial charge >= 0.3 is 0 Å². The van der Waals surface area contributed by atoms with Crippen molar-refractivity contribution in [2.75, 3.05) is 14.2 Å². The molecule has 0 N–H and O–H groups in total. The molecule has 31 heavy (non-hydrogen) atoms. The standard InChI is InChI=1S/C23H19FO6S/c1-28-19-12-7-14(13-20(19)29-2)22-23(21(25)17-5-3-4-6-18(17)30-22)31(26,27)16-10-8-15(24)9-11-16/h3-13,22-23H,1-2H3/t22-,23+/m0/s1. The molecule has 3 aromatic carbocycles. The third kappa shape index (κ3) is 3.63. The minimum absolute atomic E-state index is 0.166. The van der Waals surface area contributed by atoms with Gasteiger partial charge in [-0.05, 0) is 54.1 Å². The zero-order chi connectivity index (χ0) is 22.2. The summed E-state index contributed by atoms with van der Waals surface area (Å²) in [7, 11) is -1.28. The van der Waals surface area contributed by atoms with Gasteiger partial charge in [-0.3, -0.25) is 4.79 Å². The number of Topliss-reactive ketones (excluding diaryl/α,β-unsaturated/α-hetero) is 1. The number of carbonyl (C=O) groups excluding carboxylic acids is 1. The fraction of sp³-hybridized carbons (Fsp3) is 0.174. The molecule has 4 rings (SSSR count). The Morgan fingerprint density at radius 3 is 2.26 bits per heavy atom. The van der Waals surface area contributed by atoms with E-state index in [9.17, 15) is 17.6 Å². The Labute approximate surface area is 179 Å². The summed E-state index contributed by atoms with van der Waals surface area (Å²) >= 11 is 0. The highest BCUT2D eigenvalue weighted by Crippen LogP contribution is 2.42. The number of ether oxygens (including phenoxy) is 3. The van der Waals surface area contributed by atoms with E-state index in [2.05, 4.69) is 0 Å². The molecule has 0 aliphatic carbocycles. The highest BCUT2D eigenvalue weighted by Gasteiger charge is 2.47. The van der Waals surface area contributed by atoms with Crippen molar-refractivity contribution < 1.29 is 31.8 Å². The summed E-state index contributed by atoms with van der Waals surface area (Å²) in [6.45, 7) is 0.